The number of hydrogen-bond acceptors (Lipinski definition) is 4. The number of aliphatic hydroxyl groups excluding tert-OH is 1. The van der Waals surface area contributed by atoms with Crippen molar-refractivity contribution in [2.24, 2.45) is 5.92 Å². The molecule has 25 heavy (non-hydrogen) atoms. The lowest BCUT2D eigenvalue weighted by Gasteiger charge is -2.58. The van der Waals surface area contributed by atoms with E-state index in [0.717, 1.165) is 30.5 Å². The number of likely N-dealkylation sites (N-methyl/N-ethyl adjacent to an activating group) is 1. The number of rotatable bonds is 1. The molecular weight excluding hydrogens is 320 g/mol. The third-order valence-corrected chi connectivity index (χ3v) is 6.84. The Morgan fingerprint density at radius 2 is 2.20 bits per heavy atom. The van der Waals surface area contributed by atoms with Gasteiger partial charge in [-0.2, -0.15) is 0 Å². The van der Waals surface area contributed by atoms with Crippen LogP contribution in [-0.2, 0) is 16.6 Å². The van der Waals surface area contributed by atoms with Crippen LogP contribution >= 0.6 is 0 Å². The number of carbonyl (C=O) groups excluding carboxylic acids is 1. The van der Waals surface area contributed by atoms with Crippen LogP contribution in [0.5, 0.6) is 11.5 Å². The van der Waals surface area contributed by atoms with Crippen molar-refractivity contribution in [3.05, 3.63) is 35.4 Å². The van der Waals surface area contributed by atoms with Crippen molar-refractivity contribution in [2.45, 2.75) is 43.4 Å². The maximum atomic E-state index is 11.8. The van der Waals surface area contributed by atoms with Gasteiger partial charge in [0, 0.05) is 31.2 Å². The van der Waals surface area contributed by atoms with E-state index in [-0.39, 0.29) is 35.1 Å². The number of phenols is 1. The fourth-order valence-corrected chi connectivity index (χ4v) is 5.92. The lowest BCUT2D eigenvalue weighted by atomic mass is 9.53. The topological polar surface area (TPSA) is 78.8 Å². The summed E-state index contributed by atoms with van der Waals surface area (Å²) >= 11 is 0. The summed E-state index contributed by atoms with van der Waals surface area (Å²) in [5.41, 5.74) is 5.06. The van der Waals surface area contributed by atoms with Crippen LogP contribution in [0, 0.1) is 5.92 Å². The van der Waals surface area contributed by atoms with Crippen LogP contribution in [-0.4, -0.2) is 52.6 Å². The lowest BCUT2D eigenvalue weighted by molar-refractivity contribution is -0.976. The number of nitrogens with one attached hydrogen (secondary N) is 1. The Hall–Kier alpha value is -2.05. The van der Waals surface area contributed by atoms with Gasteiger partial charge in [-0.3, -0.25) is 4.79 Å². The molecule has 3 N–H and O–H groups in total. The van der Waals surface area contributed by atoms with Crippen molar-refractivity contribution in [3.63, 3.8) is 0 Å². The minimum atomic E-state index is -0.688. The molecule has 2 bridgehead atoms. The molecule has 2 heterocycles. The highest BCUT2D eigenvalue weighted by molar-refractivity contribution is 5.71. The Labute approximate surface area is 146 Å². The number of ether oxygens (including phenoxy) is 1. The van der Waals surface area contributed by atoms with E-state index in [0.29, 0.717) is 10.3 Å². The molecule has 2 aliphatic heterocycles. The molecule has 0 radical (unpaired) electrons. The van der Waals surface area contributed by atoms with Gasteiger partial charge in [-0.1, -0.05) is 18.2 Å². The SMILES string of the molecule is CC(=O)N[N@+]1(C)CC[C@]23c4c5ccc(O)c4O[C@H]2[C@@H](O)C=C[C@H]3[C@H]1C5. The monoisotopic (exact) mass is 343 g/mol. The fourth-order valence-electron chi connectivity index (χ4n) is 5.92. The average Bonchev–Trinajstić information content (AvgIpc) is 2.91. The van der Waals surface area contributed by atoms with Gasteiger partial charge in [0.25, 0.3) is 5.91 Å². The Bertz CT molecular complexity index is 822. The second kappa shape index (κ2) is 4.56. The van der Waals surface area contributed by atoms with E-state index in [1.807, 2.05) is 12.1 Å². The molecule has 0 aromatic heterocycles. The number of piperidine rings is 1. The molecule has 1 fully saturated rings. The number of aromatic hydroxyl groups is 1. The Morgan fingerprint density at radius 3 is 2.96 bits per heavy atom. The van der Waals surface area contributed by atoms with Crippen LogP contribution in [0.3, 0.4) is 0 Å². The Kier molecular flexibility index (Phi) is 2.78. The summed E-state index contributed by atoms with van der Waals surface area (Å²) in [5, 5.41) is 20.9. The van der Waals surface area contributed by atoms with E-state index in [4.69, 9.17) is 4.74 Å². The summed E-state index contributed by atoms with van der Waals surface area (Å²) < 4.78 is 6.62. The molecule has 6 heteroatoms. The summed E-state index contributed by atoms with van der Waals surface area (Å²) in [6.45, 7) is 2.33. The minimum Gasteiger partial charge on any atom is -0.504 e. The van der Waals surface area contributed by atoms with Crippen molar-refractivity contribution in [1.29, 1.82) is 0 Å². The number of amides is 1. The average molecular weight is 343 g/mol. The van der Waals surface area contributed by atoms with Crippen molar-refractivity contribution >= 4 is 5.91 Å². The Balaban J connectivity index is 1.75. The van der Waals surface area contributed by atoms with Crippen molar-refractivity contribution in [3.8, 4) is 11.5 Å². The summed E-state index contributed by atoms with van der Waals surface area (Å²) in [5.74, 6) is 0.817. The number of benzene rings is 1. The maximum Gasteiger partial charge on any atom is 0.261 e. The molecule has 2 aliphatic carbocycles. The second-order valence-corrected chi connectivity index (χ2v) is 8.11. The first-order valence-electron chi connectivity index (χ1n) is 8.89. The molecule has 1 aromatic rings. The predicted molar refractivity (Wildman–Crippen MR) is 89.8 cm³/mol. The number of hydrogen-bond donors (Lipinski definition) is 3. The number of carbonyl (C=O) groups is 1. The molecular formula is C19H23N2O4+. The van der Waals surface area contributed by atoms with E-state index in [1.54, 1.807) is 13.0 Å². The van der Waals surface area contributed by atoms with E-state index >= 15 is 0 Å². The zero-order valence-corrected chi connectivity index (χ0v) is 14.4. The lowest BCUT2D eigenvalue weighted by Crippen LogP contribution is -2.75. The van der Waals surface area contributed by atoms with Gasteiger partial charge in [-0.15, -0.1) is 0 Å². The molecule has 1 saturated heterocycles. The van der Waals surface area contributed by atoms with Gasteiger partial charge in [0.1, 0.15) is 24.8 Å². The molecule has 1 amide bonds. The smallest absolute Gasteiger partial charge is 0.261 e. The van der Waals surface area contributed by atoms with Gasteiger partial charge in [0.15, 0.2) is 11.5 Å². The van der Waals surface area contributed by atoms with Gasteiger partial charge in [0.2, 0.25) is 0 Å². The molecule has 4 aliphatic rings. The predicted octanol–water partition coefficient (Wildman–Crippen LogP) is 0.764. The van der Waals surface area contributed by atoms with Crippen LogP contribution in [0.15, 0.2) is 24.3 Å². The van der Waals surface area contributed by atoms with Gasteiger partial charge < -0.3 is 14.9 Å². The third kappa shape index (κ3) is 1.69. The number of likely N-dealkylation sites (tertiary alicyclic amines) is 1. The quantitative estimate of drug-likeness (QED) is 0.520. The number of nitrogens with zero attached hydrogens (tertiary/aromatic N) is 1. The molecule has 5 rings (SSSR count). The highest BCUT2D eigenvalue weighted by Gasteiger charge is 2.68. The summed E-state index contributed by atoms with van der Waals surface area (Å²) in [6.07, 6.45) is 4.46. The maximum absolute atomic E-state index is 11.8. The van der Waals surface area contributed by atoms with Crippen molar-refractivity contribution in [2.75, 3.05) is 13.6 Å². The van der Waals surface area contributed by atoms with Gasteiger partial charge in [0.05, 0.1) is 12.5 Å². The number of phenolic OH excluding ortho intramolecular Hbond substituents is 1. The first-order valence-corrected chi connectivity index (χ1v) is 8.89. The highest BCUT2D eigenvalue weighted by atomic mass is 16.5. The molecule has 132 valence electrons. The Morgan fingerprint density at radius 1 is 1.40 bits per heavy atom. The molecule has 0 saturated carbocycles. The second-order valence-electron chi connectivity index (χ2n) is 8.11. The van der Waals surface area contributed by atoms with E-state index < -0.39 is 6.10 Å². The van der Waals surface area contributed by atoms with Crippen LogP contribution in [0.25, 0.3) is 0 Å². The highest BCUT2D eigenvalue weighted by Crippen LogP contribution is 2.63. The first kappa shape index (κ1) is 15.2. The van der Waals surface area contributed by atoms with E-state index in [9.17, 15) is 15.0 Å². The van der Waals surface area contributed by atoms with Gasteiger partial charge in [-0.25, -0.2) is 10.0 Å². The molecule has 1 spiro atoms. The van der Waals surface area contributed by atoms with Crippen molar-refractivity contribution < 1.29 is 24.3 Å². The third-order valence-electron chi connectivity index (χ3n) is 6.84. The fraction of sp³-hybridized carbons (Fsp3) is 0.526. The number of aliphatic hydroxyl groups is 1. The van der Waals surface area contributed by atoms with Gasteiger partial charge >= 0.3 is 0 Å². The molecule has 6 atom stereocenters. The van der Waals surface area contributed by atoms with Crippen LogP contribution in [0.1, 0.15) is 24.5 Å². The van der Waals surface area contributed by atoms with E-state index in [2.05, 4.69) is 18.5 Å². The minimum absolute atomic E-state index is 0.0327. The largest absolute Gasteiger partial charge is 0.504 e. The molecule has 1 aromatic carbocycles. The van der Waals surface area contributed by atoms with Crippen LogP contribution < -0.4 is 10.2 Å². The van der Waals surface area contributed by atoms with Crippen LogP contribution in [0.4, 0.5) is 0 Å². The summed E-state index contributed by atoms with van der Waals surface area (Å²) in [4.78, 5) is 11.8. The summed E-state index contributed by atoms with van der Waals surface area (Å²) in [6, 6.07) is 3.83. The summed E-state index contributed by atoms with van der Waals surface area (Å²) in [7, 11) is 2.08. The van der Waals surface area contributed by atoms with Gasteiger partial charge in [-0.05, 0) is 11.6 Å². The molecule has 6 nitrogen and oxygen atoms in total. The van der Waals surface area contributed by atoms with Crippen LogP contribution in [0.2, 0.25) is 0 Å². The normalized spacial score (nSPS) is 42.5. The molecule has 0 unspecified atom stereocenters. The standard InChI is InChI=1S/C19H22N2O4/c1-10(22)20-21(2)8-7-19-12-4-6-15(24)18(19)25-17-14(23)5-3-11(16(17)19)9-13(12)21/h3-6,12-13,15,18,24H,7-9H2,1-2H3,(H-,20,22,23)/p+1/t12-,13+,15-,18-,19-,21+/m0/s1. The number of quaternary nitrogens is 1. The zero-order valence-electron chi connectivity index (χ0n) is 14.4. The zero-order chi connectivity index (χ0) is 17.6. The first-order chi connectivity index (χ1) is 11.9. The van der Waals surface area contributed by atoms with Crippen molar-refractivity contribution in [1.82, 2.24) is 5.43 Å². The van der Waals surface area contributed by atoms with E-state index in [1.165, 1.54) is 0 Å².